The second-order valence-electron chi connectivity index (χ2n) is 5.48. The highest BCUT2D eigenvalue weighted by molar-refractivity contribution is 7.59. The molecule has 3 heterocycles. The molecule has 1 fully saturated rings. The fourth-order valence-corrected chi connectivity index (χ4v) is 4.42. The van der Waals surface area contributed by atoms with Gasteiger partial charge in [0.1, 0.15) is 0 Å². The van der Waals surface area contributed by atoms with Crippen LogP contribution in [-0.2, 0) is 16.1 Å². The molecule has 23 heavy (non-hydrogen) atoms. The molecule has 1 saturated heterocycles. The fraction of sp³-hybridized carbons (Fsp3) is 0.462. The van der Waals surface area contributed by atoms with E-state index in [1.54, 1.807) is 18.8 Å². The number of alkyl halides is 3. The van der Waals surface area contributed by atoms with E-state index in [-0.39, 0.29) is 5.82 Å². The number of pyridine rings is 1. The highest BCUT2D eigenvalue weighted by Crippen LogP contribution is 2.51. The zero-order valence-electron chi connectivity index (χ0n) is 12.2. The summed E-state index contributed by atoms with van der Waals surface area (Å²) in [4.78, 5) is 7.76. The SMILES string of the molecule is CP(=O)(Cc1ccc(-c2noc(C(F)(F)Cl)n2)cn1)N1CCC1. The Labute approximate surface area is 136 Å². The van der Waals surface area contributed by atoms with Gasteiger partial charge in [0.2, 0.25) is 5.82 Å². The van der Waals surface area contributed by atoms with Crippen molar-refractivity contribution >= 4 is 18.9 Å². The van der Waals surface area contributed by atoms with E-state index in [2.05, 4.69) is 19.6 Å². The van der Waals surface area contributed by atoms with Crippen molar-refractivity contribution in [3.63, 3.8) is 0 Å². The topological polar surface area (TPSA) is 72.1 Å². The maximum absolute atomic E-state index is 12.9. The number of hydrogen-bond acceptors (Lipinski definition) is 5. The molecule has 124 valence electrons. The zero-order chi connectivity index (χ0) is 16.7. The maximum Gasteiger partial charge on any atom is 0.400 e. The first-order valence-electron chi connectivity index (χ1n) is 6.94. The van der Waals surface area contributed by atoms with E-state index in [1.807, 2.05) is 4.67 Å². The van der Waals surface area contributed by atoms with Gasteiger partial charge >= 0.3 is 11.3 Å². The number of halogens is 3. The molecule has 1 aliphatic heterocycles. The molecular formula is C13H14ClF2N4O2P. The van der Waals surface area contributed by atoms with Crippen LogP contribution >= 0.6 is 18.9 Å². The van der Waals surface area contributed by atoms with E-state index in [0.717, 1.165) is 19.5 Å². The quantitative estimate of drug-likeness (QED) is 0.598. The van der Waals surface area contributed by atoms with Crippen LogP contribution < -0.4 is 0 Å². The lowest BCUT2D eigenvalue weighted by Crippen LogP contribution is -2.34. The molecule has 3 rings (SSSR count). The van der Waals surface area contributed by atoms with Crippen LogP contribution in [0.4, 0.5) is 8.78 Å². The summed E-state index contributed by atoms with van der Waals surface area (Å²) in [6.45, 7) is 3.45. The first-order chi connectivity index (χ1) is 10.8. The number of nitrogens with zero attached hydrogens (tertiary/aromatic N) is 4. The third-order valence-corrected chi connectivity index (χ3v) is 6.31. The normalized spacial score (nSPS) is 18.4. The minimum atomic E-state index is -3.70. The van der Waals surface area contributed by atoms with Crippen molar-refractivity contribution in [1.82, 2.24) is 19.8 Å². The summed E-state index contributed by atoms with van der Waals surface area (Å²) in [5, 5.41) is -0.249. The molecule has 1 aliphatic rings. The summed E-state index contributed by atoms with van der Waals surface area (Å²) in [7, 11) is -2.42. The smallest absolute Gasteiger partial charge is 0.331 e. The van der Waals surface area contributed by atoms with Crippen LogP contribution in [0.25, 0.3) is 11.4 Å². The molecule has 2 aromatic rings. The van der Waals surface area contributed by atoms with Crippen molar-refractivity contribution in [2.45, 2.75) is 18.0 Å². The van der Waals surface area contributed by atoms with Gasteiger partial charge in [0.05, 0.1) is 6.16 Å². The second kappa shape index (κ2) is 5.92. The molecule has 0 N–H and O–H groups in total. The van der Waals surface area contributed by atoms with Crippen LogP contribution in [-0.4, -0.2) is 39.5 Å². The average molecular weight is 363 g/mol. The van der Waals surface area contributed by atoms with Crippen LogP contribution in [0.15, 0.2) is 22.9 Å². The van der Waals surface area contributed by atoms with E-state index in [4.69, 9.17) is 11.6 Å². The lowest BCUT2D eigenvalue weighted by atomic mass is 10.2. The predicted octanol–water partition coefficient (Wildman–Crippen LogP) is 3.53. The summed E-state index contributed by atoms with van der Waals surface area (Å²) >= 11 is 4.83. The summed E-state index contributed by atoms with van der Waals surface area (Å²) in [6, 6.07) is 3.31. The zero-order valence-corrected chi connectivity index (χ0v) is 13.9. The van der Waals surface area contributed by atoms with Gasteiger partial charge in [0.15, 0.2) is 7.29 Å². The third-order valence-electron chi connectivity index (χ3n) is 3.64. The first-order valence-corrected chi connectivity index (χ1v) is 9.61. The van der Waals surface area contributed by atoms with Gasteiger partial charge in [-0.25, -0.2) is 0 Å². The standard InChI is InChI=1S/C13H14ClF2N4O2P/c1-23(21,20-5-2-6-20)8-10-4-3-9(7-17-10)11-18-12(22-19-11)13(14,15)16/h3-4,7H,2,5-6,8H2,1H3. The molecule has 1 atom stereocenters. The van der Waals surface area contributed by atoms with Crippen LogP contribution in [0.1, 0.15) is 18.0 Å². The Morgan fingerprint density at radius 1 is 1.43 bits per heavy atom. The van der Waals surface area contributed by atoms with E-state index in [0.29, 0.717) is 17.4 Å². The van der Waals surface area contributed by atoms with Crippen LogP contribution in [0.5, 0.6) is 0 Å². The van der Waals surface area contributed by atoms with Crippen molar-refractivity contribution in [2.24, 2.45) is 0 Å². The number of aromatic nitrogens is 3. The summed E-state index contributed by atoms with van der Waals surface area (Å²) in [5.41, 5.74) is 1.08. The molecule has 1 unspecified atom stereocenters. The van der Waals surface area contributed by atoms with Crippen molar-refractivity contribution in [3.8, 4) is 11.4 Å². The van der Waals surface area contributed by atoms with E-state index in [1.165, 1.54) is 6.20 Å². The van der Waals surface area contributed by atoms with Crippen LogP contribution in [0.3, 0.4) is 0 Å². The van der Waals surface area contributed by atoms with Gasteiger partial charge in [-0.1, -0.05) is 5.16 Å². The highest BCUT2D eigenvalue weighted by atomic mass is 35.5. The Balaban J connectivity index is 1.74. The summed E-state index contributed by atoms with van der Waals surface area (Å²) in [6.07, 6.45) is 2.87. The first kappa shape index (κ1) is 16.5. The van der Waals surface area contributed by atoms with Gasteiger partial charge in [-0.15, -0.1) is 0 Å². The molecule has 0 aromatic carbocycles. The predicted molar refractivity (Wildman–Crippen MR) is 80.7 cm³/mol. The average Bonchev–Trinajstić information content (AvgIpc) is 2.85. The van der Waals surface area contributed by atoms with Crippen molar-refractivity contribution in [1.29, 1.82) is 0 Å². The monoisotopic (exact) mass is 362 g/mol. The Morgan fingerprint density at radius 2 is 2.17 bits per heavy atom. The number of hydrogen-bond donors (Lipinski definition) is 0. The van der Waals surface area contributed by atoms with Gasteiger partial charge < -0.3 is 9.09 Å². The Kier molecular flexibility index (Phi) is 4.25. The van der Waals surface area contributed by atoms with Gasteiger partial charge in [-0.3, -0.25) is 9.65 Å². The fourth-order valence-electron chi connectivity index (χ4n) is 2.23. The van der Waals surface area contributed by atoms with Crippen LogP contribution in [0.2, 0.25) is 0 Å². The molecule has 0 aliphatic carbocycles. The number of rotatable bonds is 5. The molecule has 0 radical (unpaired) electrons. The Bertz CT molecular complexity index is 743. The molecular weight excluding hydrogens is 349 g/mol. The summed E-state index contributed by atoms with van der Waals surface area (Å²) in [5.74, 6) is -0.990. The van der Waals surface area contributed by atoms with E-state index in [9.17, 15) is 13.3 Å². The Morgan fingerprint density at radius 3 is 2.65 bits per heavy atom. The lowest BCUT2D eigenvalue weighted by molar-refractivity contribution is 0.0551. The van der Waals surface area contributed by atoms with E-state index >= 15 is 0 Å². The molecule has 0 amide bonds. The van der Waals surface area contributed by atoms with Crippen molar-refractivity contribution in [2.75, 3.05) is 19.8 Å². The molecule has 0 bridgehead atoms. The van der Waals surface area contributed by atoms with Gasteiger partial charge in [0, 0.05) is 37.2 Å². The largest absolute Gasteiger partial charge is 0.400 e. The van der Waals surface area contributed by atoms with Gasteiger partial charge in [-0.05, 0) is 30.2 Å². The minimum absolute atomic E-state index is 0.0261. The van der Waals surface area contributed by atoms with Gasteiger partial charge in [-0.2, -0.15) is 13.8 Å². The second-order valence-corrected chi connectivity index (χ2v) is 8.93. The maximum atomic E-state index is 12.9. The molecule has 0 spiro atoms. The van der Waals surface area contributed by atoms with Crippen molar-refractivity contribution < 1.29 is 17.9 Å². The third kappa shape index (κ3) is 3.59. The Hall–Kier alpha value is -1.37. The van der Waals surface area contributed by atoms with Gasteiger partial charge in [0.25, 0.3) is 0 Å². The van der Waals surface area contributed by atoms with E-state index < -0.39 is 18.6 Å². The summed E-state index contributed by atoms with van der Waals surface area (Å²) < 4.78 is 44.7. The molecule has 6 nitrogen and oxygen atoms in total. The van der Waals surface area contributed by atoms with Crippen LogP contribution in [0, 0.1) is 0 Å². The molecule has 2 aromatic heterocycles. The molecule has 10 heteroatoms. The highest BCUT2D eigenvalue weighted by Gasteiger charge is 2.36. The van der Waals surface area contributed by atoms with Crippen molar-refractivity contribution in [3.05, 3.63) is 29.9 Å². The lowest BCUT2D eigenvalue weighted by Gasteiger charge is -2.36. The molecule has 0 saturated carbocycles. The minimum Gasteiger partial charge on any atom is -0.331 e.